The molecule has 1 heterocycles. The molecule has 0 aliphatic carbocycles. The van der Waals surface area contributed by atoms with Gasteiger partial charge in [-0.3, -0.25) is 0 Å². The summed E-state index contributed by atoms with van der Waals surface area (Å²) < 4.78 is 16.0. The highest BCUT2D eigenvalue weighted by Crippen LogP contribution is 2.31. The van der Waals surface area contributed by atoms with Gasteiger partial charge in [-0.1, -0.05) is 12.1 Å². The topological polar surface area (TPSA) is 77.5 Å². The van der Waals surface area contributed by atoms with E-state index >= 15 is 0 Å². The zero-order chi connectivity index (χ0) is 20.6. The van der Waals surface area contributed by atoms with E-state index in [4.69, 9.17) is 14.2 Å². The van der Waals surface area contributed by atoms with E-state index in [1.807, 2.05) is 49.4 Å². The van der Waals surface area contributed by atoms with Gasteiger partial charge in [0.2, 0.25) is 5.95 Å². The Bertz CT molecular complexity index is 963. The van der Waals surface area contributed by atoms with Crippen molar-refractivity contribution in [3.05, 3.63) is 59.8 Å². The summed E-state index contributed by atoms with van der Waals surface area (Å²) in [5.41, 5.74) is 2.85. The maximum atomic E-state index is 5.44. The molecule has 0 radical (unpaired) electrons. The van der Waals surface area contributed by atoms with Crippen molar-refractivity contribution in [2.24, 2.45) is 0 Å². The second-order valence-corrected chi connectivity index (χ2v) is 6.44. The lowest BCUT2D eigenvalue weighted by atomic mass is 10.1. The van der Waals surface area contributed by atoms with Gasteiger partial charge in [-0.05, 0) is 43.2 Å². The fourth-order valence-corrected chi connectivity index (χ4v) is 2.90. The Balaban J connectivity index is 1.68. The molecule has 29 heavy (non-hydrogen) atoms. The molecule has 2 aromatic carbocycles. The lowest BCUT2D eigenvalue weighted by Crippen LogP contribution is -2.10. The first-order chi connectivity index (χ1) is 14.1. The third-order valence-corrected chi connectivity index (χ3v) is 4.36. The molecule has 0 aliphatic heterocycles. The van der Waals surface area contributed by atoms with Crippen LogP contribution in [-0.4, -0.2) is 37.8 Å². The predicted molar refractivity (Wildman–Crippen MR) is 115 cm³/mol. The Morgan fingerprint density at radius 2 is 1.66 bits per heavy atom. The van der Waals surface area contributed by atoms with Crippen LogP contribution in [-0.2, 0) is 6.42 Å². The van der Waals surface area contributed by atoms with E-state index in [-0.39, 0.29) is 0 Å². The Morgan fingerprint density at radius 3 is 2.41 bits per heavy atom. The molecule has 3 aromatic rings. The average molecular weight is 394 g/mol. The summed E-state index contributed by atoms with van der Waals surface area (Å²) in [7, 11) is 4.92. The fraction of sp³-hybridized carbons (Fsp3) is 0.273. The number of benzene rings is 2. The van der Waals surface area contributed by atoms with E-state index in [2.05, 4.69) is 26.7 Å². The summed E-state index contributed by atoms with van der Waals surface area (Å²) in [4.78, 5) is 9.04. The van der Waals surface area contributed by atoms with Crippen molar-refractivity contribution in [3.63, 3.8) is 0 Å². The van der Waals surface area contributed by atoms with Gasteiger partial charge in [-0.15, -0.1) is 0 Å². The Labute approximate surface area is 171 Å². The van der Waals surface area contributed by atoms with Gasteiger partial charge in [-0.2, -0.15) is 4.98 Å². The number of methoxy groups -OCH3 is 3. The van der Waals surface area contributed by atoms with Crippen LogP contribution in [0.2, 0.25) is 0 Å². The molecular formula is C22H26N4O3. The van der Waals surface area contributed by atoms with Crippen molar-refractivity contribution in [2.45, 2.75) is 13.3 Å². The highest BCUT2D eigenvalue weighted by molar-refractivity contribution is 5.66. The second-order valence-electron chi connectivity index (χ2n) is 6.44. The van der Waals surface area contributed by atoms with Crippen LogP contribution < -0.4 is 24.8 Å². The normalized spacial score (nSPS) is 10.3. The van der Waals surface area contributed by atoms with Gasteiger partial charge in [0, 0.05) is 24.4 Å². The van der Waals surface area contributed by atoms with E-state index < -0.39 is 0 Å². The smallest absolute Gasteiger partial charge is 0.224 e. The Hall–Kier alpha value is -3.48. The van der Waals surface area contributed by atoms with Gasteiger partial charge in [0.15, 0.2) is 0 Å². The zero-order valence-electron chi connectivity index (χ0n) is 17.2. The van der Waals surface area contributed by atoms with Gasteiger partial charge in [0.05, 0.1) is 27.0 Å². The molecule has 7 heteroatoms. The summed E-state index contributed by atoms with van der Waals surface area (Å²) in [5.74, 6) is 3.52. The van der Waals surface area contributed by atoms with Crippen LogP contribution in [0.15, 0.2) is 48.5 Å². The lowest BCUT2D eigenvalue weighted by molar-refractivity contribution is 0.395. The quantitative estimate of drug-likeness (QED) is 0.563. The van der Waals surface area contributed by atoms with Gasteiger partial charge in [0.1, 0.15) is 23.1 Å². The summed E-state index contributed by atoms with van der Waals surface area (Å²) in [5, 5.41) is 6.58. The molecule has 2 N–H and O–H groups in total. The molecule has 0 spiro atoms. The maximum absolute atomic E-state index is 5.44. The summed E-state index contributed by atoms with van der Waals surface area (Å²) in [6, 6.07) is 15.5. The molecule has 0 fully saturated rings. The van der Waals surface area contributed by atoms with Gasteiger partial charge >= 0.3 is 0 Å². The number of nitrogens with one attached hydrogen (secondary N) is 2. The third kappa shape index (κ3) is 5.51. The molecule has 0 saturated heterocycles. The largest absolute Gasteiger partial charge is 0.497 e. The standard InChI is InChI=1S/C22H26N4O3/c1-15-12-21(25-19-9-8-18(28-3)14-20(19)29-4)26-22(24-15)23-11-10-16-6-5-7-17(13-16)27-2/h5-9,12-14H,10-11H2,1-4H3,(H2,23,24,25,26). The Kier molecular flexibility index (Phi) is 6.73. The molecule has 7 nitrogen and oxygen atoms in total. The minimum Gasteiger partial charge on any atom is -0.497 e. The first-order valence-corrected chi connectivity index (χ1v) is 9.33. The highest BCUT2D eigenvalue weighted by Gasteiger charge is 2.08. The zero-order valence-corrected chi connectivity index (χ0v) is 17.2. The van der Waals surface area contributed by atoms with Crippen LogP contribution >= 0.6 is 0 Å². The number of aromatic nitrogens is 2. The predicted octanol–water partition coefficient (Wildman–Crippen LogP) is 4.21. The highest BCUT2D eigenvalue weighted by atomic mass is 16.5. The van der Waals surface area contributed by atoms with Crippen molar-refractivity contribution >= 4 is 17.5 Å². The molecule has 0 amide bonds. The first kappa shape index (κ1) is 20.3. The van der Waals surface area contributed by atoms with Crippen LogP contribution in [0, 0.1) is 6.92 Å². The maximum Gasteiger partial charge on any atom is 0.224 e. The van der Waals surface area contributed by atoms with Gasteiger partial charge in [0.25, 0.3) is 0 Å². The number of rotatable bonds is 9. The van der Waals surface area contributed by atoms with E-state index in [9.17, 15) is 0 Å². The summed E-state index contributed by atoms with van der Waals surface area (Å²) in [6.07, 6.45) is 0.837. The van der Waals surface area contributed by atoms with Crippen LogP contribution in [0.3, 0.4) is 0 Å². The molecule has 0 aliphatic rings. The average Bonchev–Trinajstić information content (AvgIpc) is 2.74. The first-order valence-electron chi connectivity index (χ1n) is 9.33. The van der Waals surface area contributed by atoms with Crippen molar-refractivity contribution in [3.8, 4) is 17.2 Å². The van der Waals surface area contributed by atoms with Gasteiger partial charge < -0.3 is 24.8 Å². The fourth-order valence-electron chi connectivity index (χ4n) is 2.90. The minimum absolute atomic E-state index is 0.572. The number of nitrogens with zero attached hydrogens (tertiary/aromatic N) is 2. The second kappa shape index (κ2) is 9.64. The monoisotopic (exact) mass is 394 g/mol. The molecule has 0 atom stereocenters. The number of hydrogen-bond acceptors (Lipinski definition) is 7. The SMILES string of the molecule is COc1cccc(CCNc2nc(C)cc(Nc3ccc(OC)cc3OC)n2)c1. The number of aryl methyl sites for hydroxylation is 1. The number of hydrogen-bond donors (Lipinski definition) is 2. The van der Waals surface area contributed by atoms with Crippen molar-refractivity contribution < 1.29 is 14.2 Å². The van der Waals surface area contributed by atoms with E-state index in [1.54, 1.807) is 21.3 Å². The number of ether oxygens (including phenoxy) is 3. The van der Waals surface area contributed by atoms with Crippen molar-refractivity contribution in [1.82, 2.24) is 9.97 Å². The van der Waals surface area contributed by atoms with E-state index in [0.29, 0.717) is 24.1 Å². The molecule has 0 bridgehead atoms. The summed E-state index contributed by atoms with van der Waals surface area (Å²) >= 11 is 0. The van der Waals surface area contributed by atoms with Crippen LogP contribution in [0.5, 0.6) is 17.2 Å². The molecular weight excluding hydrogens is 368 g/mol. The summed E-state index contributed by atoms with van der Waals surface area (Å²) in [6.45, 7) is 2.65. The molecule has 1 aromatic heterocycles. The van der Waals surface area contributed by atoms with Crippen molar-refractivity contribution in [2.75, 3.05) is 38.5 Å². The van der Waals surface area contributed by atoms with Crippen LogP contribution in [0.4, 0.5) is 17.5 Å². The van der Waals surface area contributed by atoms with Crippen molar-refractivity contribution in [1.29, 1.82) is 0 Å². The van der Waals surface area contributed by atoms with Crippen LogP contribution in [0.25, 0.3) is 0 Å². The molecule has 152 valence electrons. The minimum atomic E-state index is 0.572. The molecule has 0 unspecified atom stereocenters. The molecule has 3 rings (SSSR count). The van der Waals surface area contributed by atoms with E-state index in [1.165, 1.54) is 5.56 Å². The molecule has 0 saturated carbocycles. The Morgan fingerprint density at radius 1 is 0.862 bits per heavy atom. The lowest BCUT2D eigenvalue weighted by Gasteiger charge is -2.13. The van der Waals surface area contributed by atoms with Crippen LogP contribution in [0.1, 0.15) is 11.3 Å². The number of anilines is 3. The van der Waals surface area contributed by atoms with Gasteiger partial charge in [-0.25, -0.2) is 4.98 Å². The third-order valence-electron chi connectivity index (χ3n) is 4.36. The van der Waals surface area contributed by atoms with E-state index in [0.717, 1.165) is 29.3 Å².